The molecule has 3 aliphatic rings. The number of carbonyl (C=O) groups excluding carboxylic acids is 1. The van der Waals surface area contributed by atoms with Crippen molar-refractivity contribution < 1.29 is 13.9 Å². The summed E-state index contributed by atoms with van der Waals surface area (Å²) in [6, 6.07) is 5.92. The first-order chi connectivity index (χ1) is 15.9. The molecule has 174 valence electrons. The van der Waals surface area contributed by atoms with E-state index in [1.165, 1.54) is 19.1 Å². The average molecular weight is 449 g/mol. The summed E-state index contributed by atoms with van der Waals surface area (Å²) in [7, 11) is 0. The molecule has 0 aromatic carbocycles. The third-order valence-electron chi connectivity index (χ3n) is 7.41. The van der Waals surface area contributed by atoms with Crippen LogP contribution in [0.2, 0.25) is 0 Å². The van der Waals surface area contributed by atoms with Crippen LogP contribution >= 0.6 is 0 Å². The molecule has 0 spiro atoms. The van der Waals surface area contributed by atoms with Crippen molar-refractivity contribution in [3.63, 3.8) is 0 Å². The van der Waals surface area contributed by atoms with Gasteiger partial charge in [-0.05, 0) is 51.3 Å². The lowest BCUT2D eigenvalue weighted by Crippen LogP contribution is -2.54. The van der Waals surface area contributed by atoms with Crippen LogP contribution in [0.4, 0.5) is 5.82 Å². The molecule has 33 heavy (non-hydrogen) atoms. The van der Waals surface area contributed by atoms with Crippen LogP contribution in [0.1, 0.15) is 85.3 Å². The van der Waals surface area contributed by atoms with Crippen LogP contribution < -0.4 is 4.90 Å². The van der Waals surface area contributed by atoms with Gasteiger partial charge >= 0.3 is 0 Å². The molecular formula is C26H32N4O3. The van der Waals surface area contributed by atoms with E-state index in [0.29, 0.717) is 49.9 Å². The van der Waals surface area contributed by atoms with Gasteiger partial charge in [0.05, 0.1) is 29.7 Å². The van der Waals surface area contributed by atoms with Gasteiger partial charge in [0.25, 0.3) is 5.91 Å². The van der Waals surface area contributed by atoms with E-state index in [0.717, 1.165) is 35.5 Å². The van der Waals surface area contributed by atoms with E-state index in [4.69, 9.17) is 14.1 Å². The Hall–Kier alpha value is -2.85. The zero-order chi connectivity index (χ0) is 23.2. The molecule has 2 aromatic rings. The maximum Gasteiger partial charge on any atom is 0.289 e. The molecule has 1 saturated heterocycles. The Morgan fingerprint density at radius 1 is 1.24 bits per heavy atom. The molecule has 1 atom stereocenters. The van der Waals surface area contributed by atoms with Gasteiger partial charge in [-0.15, -0.1) is 0 Å². The highest BCUT2D eigenvalue weighted by molar-refractivity contribution is 5.91. The number of ether oxygens (including phenoxy) is 1. The van der Waals surface area contributed by atoms with Gasteiger partial charge in [-0.25, -0.2) is 4.98 Å². The highest BCUT2D eigenvalue weighted by atomic mass is 16.5. The maximum atomic E-state index is 12.9. The molecule has 0 radical (unpaired) electrons. The number of furan rings is 1. The monoisotopic (exact) mass is 448 g/mol. The third kappa shape index (κ3) is 4.02. The number of nitriles is 1. The topological polar surface area (TPSA) is 82.6 Å². The maximum absolute atomic E-state index is 12.9. The fourth-order valence-electron chi connectivity index (χ4n) is 5.66. The number of piperazine rings is 1. The van der Waals surface area contributed by atoms with E-state index in [1.807, 2.05) is 11.8 Å². The summed E-state index contributed by atoms with van der Waals surface area (Å²) in [5.74, 6) is 1.50. The van der Waals surface area contributed by atoms with Crippen LogP contribution in [0.3, 0.4) is 0 Å². The first-order valence-corrected chi connectivity index (χ1v) is 12.1. The summed E-state index contributed by atoms with van der Waals surface area (Å²) < 4.78 is 11.5. The van der Waals surface area contributed by atoms with Gasteiger partial charge in [-0.2, -0.15) is 5.26 Å². The molecular weight excluding hydrogens is 416 g/mol. The predicted molar refractivity (Wildman–Crippen MR) is 124 cm³/mol. The molecule has 1 unspecified atom stereocenters. The minimum Gasteiger partial charge on any atom is -0.459 e. The number of anilines is 1. The van der Waals surface area contributed by atoms with Gasteiger partial charge in [0.15, 0.2) is 5.76 Å². The van der Waals surface area contributed by atoms with Crippen LogP contribution in [0.5, 0.6) is 0 Å². The standard InChI is InChI=1S/C26H32N4O3/c1-17-15-29(10-11-30(17)25(31)22-9-6-12-32-22)24-20(14-27)19-13-26(2,3)33-16-21(19)23(28-24)18-7-4-5-8-18/h6,9,12,17-18H,4-5,7-8,10-11,13,15-16H2,1-3H3. The molecule has 2 aromatic heterocycles. The van der Waals surface area contributed by atoms with Crippen molar-refractivity contribution in [1.82, 2.24) is 9.88 Å². The van der Waals surface area contributed by atoms with E-state index in [-0.39, 0.29) is 17.6 Å². The van der Waals surface area contributed by atoms with Gasteiger partial charge in [0.2, 0.25) is 0 Å². The smallest absolute Gasteiger partial charge is 0.289 e. The number of amides is 1. The Labute approximate surface area is 195 Å². The van der Waals surface area contributed by atoms with Crippen molar-refractivity contribution in [3.8, 4) is 6.07 Å². The van der Waals surface area contributed by atoms with Crippen LogP contribution in [0, 0.1) is 11.3 Å². The van der Waals surface area contributed by atoms with Gasteiger partial charge in [-0.1, -0.05) is 12.8 Å². The number of carbonyl (C=O) groups is 1. The lowest BCUT2D eigenvalue weighted by Gasteiger charge is -2.41. The molecule has 2 fully saturated rings. The largest absolute Gasteiger partial charge is 0.459 e. The molecule has 1 amide bonds. The Bertz CT molecular complexity index is 1080. The number of aromatic nitrogens is 1. The van der Waals surface area contributed by atoms with Crippen molar-refractivity contribution in [1.29, 1.82) is 5.26 Å². The number of rotatable bonds is 3. The summed E-state index contributed by atoms with van der Waals surface area (Å²) in [5, 5.41) is 10.2. The zero-order valence-electron chi connectivity index (χ0n) is 19.8. The molecule has 0 bridgehead atoms. The number of hydrogen-bond donors (Lipinski definition) is 0. The van der Waals surface area contributed by atoms with Gasteiger partial charge in [0.1, 0.15) is 11.9 Å². The summed E-state index contributed by atoms with van der Waals surface area (Å²) >= 11 is 0. The second-order valence-corrected chi connectivity index (χ2v) is 10.2. The van der Waals surface area contributed by atoms with Crippen molar-refractivity contribution in [3.05, 3.63) is 46.5 Å². The Morgan fingerprint density at radius 3 is 2.70 bits per heavy atom. The van der Waals surface area contributed by atoms with Crippen molar-refractivity contribution in [2.24, 2.45) is 0 Å². The van der Waals surface area contributed by atoms with E-state index < -0.39 is 0 Å². The van der Waals surface area contributed by atoms with Gasteiger partial charge in [0, 0.05) is 43.6 Å². The summed E-state index contributed by atoms with van der Waals surface area (Å²) in [5.41, 5.74) is 3.77. The summed E-state index contributed by atoms with van der Waals surface area (Å²) in [4.78, 5) is 22.1. The lowest BCUT2D eigenvalue weighted by molar-refractivity contribution is -0.0408. The Balaban J connectivity index is 1.50. The first-order valence-electron chi connectivity index (χ1n) is 12.1. The minimum absolute atomic E-state index is 0.0181. The molecule has 7 heteroatoms. The van der Waals surface area contributed by atoms with Gasteiger partial charge < -0.3 is 19.0 Å². The normalized spacial score (nSPS) is 22.8. The fourth-order valence-corrected chi connectivity index (χ4v) is 5.66. The van der Waals surface area contributed by atoms with Crippen molar-refractivity contribution in [2.45, 2.75) is 77.0 Å². The van der Waals surface area contributed by atoms with Crippen LogP contribution in [-0.2, 0) is 17.8 Å². The SMILES string of the molecule is CC1CN(c2nc(C3CCCC3)c3c(c2C#N)CC(C)(C)OC3)CCN1C(=O)c1ccco1. The van der Waals surface area contributed by atoms with E-state index >= 15 is 0 Å². The second kappa shape index (κ2) is 8.49. The van der Waals surface area contributed by atoms with E-state index in [9.17, 15) is 10.1 Å². The first kappa shape index (κ1) is 22.0. The van der Waals surface area contributed by atoms with Crippen molar-refractivity contribution in [2.75, 3.05) is 24.5 Å². The Kier molecular flexibility index (Phi) is 5.65. The van der Waals surface area contributed by atoms with E-state index in [1.54, 1.807) is 12.1 Å². The summed E-state index contributed by atoms with van der Waals surface area (Å²) in [6.45, 7) is 8.60. The highest BCUT2D eigenvalue weighted by Crippen LogP contribution is 2.42. The van der Waals surface area contributed by atoms with E-state index in [2.05, 4.69) is 24.8 Å². The summed E-state index contributed by atoms with van der Waals surface area (Å²) in [6.07, 6.45) is 7.00. The molecule has 1 saturated carbocycles. The molecule has 5 rings (SSSR count). The fraction of sp³-hybridized carbons (Fsp3) is 0.577. The quantitative estimate of drug-likeness (QED) is 0.692. The van der Waals surface area contributed by atoms with Crippen LogP contribution in [-0.4, -0.2) is 47.1 Å². The predicted octanol–water partition coefficient (Wildman–Crippen LogP) is 4.41. The second-order valence-electron chi connectivity index (χ2n) is 10.2. The molecule has 1 aliphatic carbocycles. The Morgan fingerprint density at radius 2 is 2.03 bits per heavy atom. The number of fused-ring (bicyclic) bond motifs is 1. The minimum atomic E-state index is -0.300. The highest BCUT2D eigenvalue weighted by Gasteiger charge is 2.37. The molecule has 7 nitrogen and oxygen atoms in total. The number of hydrogen-bond acceptors (Lipinski definition) is 6. The van der Waals surface area contributed by atoms with Crippen LogP contribution in [0.15, 0.2) is 22.8 Å². The zero-order valence-corrected chi connectivity index (χ0v) is 19.8. The number of pyridine rings is 1. The van der Waals surface area contributed by atoms with Gasteiger partial charge in [-0.3, -0.25) is 4.79 Å². The average Bonchev–Trinajstić information content (AvgIpc) is 3.51. The third-order valence-corrected chi connectivity index (χ3v) is 7.41. The number of nitrogens with zero attached hydrogens (tertiary/aromatic N) is 4. The molecule has 4 heterocycles. The molecule has 2 aliphatic heterocycles. The molecule has 0 N–H and O–H groups in total. The van der Waals surface area contributed by atoms with Crippen LogP contribution in [0.25, 0.3) is 0 Å². The van der Waals surface area contributed by atoms with Crippen molar-refractivity contribution >= 4 is 11.7 Å². The lowest BCUT2D eigenvalue weighted by atomic mass is 9.85.